The summed E-state index contributed by atoms with van der Waals surface area (Å²) in [6.45, 7) is 1.68. The first-order valence-electron chi connectivity index (χ1n) is 8.08. The molecule has 0 atom stereocenters. The number of carbonyl (C=O) groups is 1. The van der Waals surface area contributed by atoms with Gasteiger partial charge in [-0.15, -0.1) is 0 Å². The number of amides is 1. The Kier molecular flexibility index (Phi) is 4.88. The van der Waals surface area contributed by atoms with Crippen LogP contribution >= 0.6 is 0 Å². The summed E-state index contributed by atoms with van der Waals surface area (Å²) in [7, 11) is 0.329. The average Bonchev–Trinajstić information content (AvgIpc) is 3.17. The summed E-state index contributed by atoms with van der Waals surface area (Å²) in [6, 6.07) is 6.61. The first-order valence-corrected chi connectivity index (χ1v) is 9.52. The molecule has 1 amide bonds. The summed E-state index contributed by atoms with van der Waals surface area (Å²) in [4.78, 5) is 12.4. The maximum absolute atomic E-state index is 13.0. The molecule has 0 saturated carbocycles. The molecule has 2 heterocycles. The third-order valence-corrected chi connectivity index (χ3v) is 6.34. The summed E-state index contributed by atoms with van der Waals surface area (Å²) in [5.74, 6) is 0.668. The van der Waals surface area contributed by atoms with Crippen molar-refractivity contribution in [1.29, 1.82) is 0 Å². The summed E-state index contributed by atoms with van der Waals surface area (Å²) in [5.41, 5.74) is 1.32. The number of ether oxygens (including phenoxy) is 2. The molecule has 1 aliphatic heterocycles. The zero-order chi connectivity index (χ0) is 19.8. The molecular weight excluding hydrogens is 372 g/mol. The number of fused-ring (bicyclic) bond motifs is 1. The molecule has 2 aromatic rings. The number of rotatable bonds is 5. The summed E-state index contributed by atoms with van der Waals surface area (Å²) < 4.78 is 42.7. The minimum absolute atomic E-state index is 0.0840. The highest BCUT2D eigenvalue weighted by Crippen LogP contribution is 2.44. The van der Waals surface area contributed by atoms with E-state index in [-0.39, 0.29) is 11.4 Å². The smallest absolute Gasteiger partial charge is 0.269 e. The fourth-order valence-electron chi connectivity index (χ4n) is 2.96. The largest absolute Gasteiger partial charge is 0.493 e. The number of nitrogens with zero attached hydrogens (tertiary/aromatic N) is 1. The lowest BCUT2D eigenvalue weighted by atomic mass is 10.0. The first kappa shape index (κ1) is 18.8. The van der Waals surface area contributed by atoms with Gasteiger partial charge in [0.25, 0.3) is 15.9 Å². The molecule has 1 aliphatic rings. The number of anilines is 1. The van der Waals surface area contributed by atoms with Crippen LogP contribution in [0.5, 0.6) is 11.5 Å². The number of hydrogen-bond acceptors (Lipinski definition) is 6. The highest BCUT2D eigenvalue weighted by molar-refractivity contribution is 7.97. The number of furan rings is 1. The molecule has 0 bridgehead atoms. The van der Waals surface area contributed by atoms with E-state index in [1.165, 1.54) is 27.5 Å². The molecule has 27 heavy (non-hydrogen) atoms. The van der Waals surface area contributed by atoms with Gasteiger partial charge < -0.3 is 19.2 Å². The third kappa shape index (κ3) is 3.14. The maximum Gasteiger partial charge on any atom is 0.269 e. The summed E-state index contributed by atoms with van der Waals surface area (Å²) >= 11 is 0. The van der Waals surface area contributed by atoms with Crippen LogP contribution in [0.4, 0.5) is 5.69 Å². The van der Waals surface area contributed by atoms with Gasteiger partial charge >= 0.3 is 0 Å². The van der Waals surface area contributed by atoms with Crippen molar-refractivity contribution < 1.29 is 27.1 Å². The quantitative estimate of drug-likeness (QED) is 0.837. The van der Waals surface area contributed by atoms with Crippen LogP contribution in [0.3, 0.4) is 0 Å². The van der Waals surface area contributed by atoms with Crippen LogP contribution in [0.25, 0.3) is 5.57 Å². The third-order valence-electron chi connectivity index (χ3n) is 4.41. The second-order valence-corrected chi connectivity index (χ2v) is 7.82. The van der Waals surface area contributed by atoms with Gasteiger partial charge in [0.2, 0.25) is 0 Å². The van der Waals surface area contributed by atoms with Crippen molar-refractivity contribution in [3.05, 3.63) is 46.8 Å². The summed E-state index contributed by atoms with van der Waals surface area (Å²) in [5, 5.41) is 2.59. The second-order valence-electron chi connectivity index (χ2n) is 5.91. The number of benzene rings is 1. The molecule has 1 aromatic carbocycles. The van der Waals surface area contributed by atoms with E-state index >= 15 is 0 Å². The van der Waals surface area contributed by atoms with E-state index in [9.17, 15) is 13.2 Å². The minimum Gasteiger partial charge on any atom is -0.493 e. The van der Waals surface area contributed by atoms with Gasteiger partial charge in [-0.1, -0.05) is 0 Å². The van der Waals surface area contributed by atoms with Crippen molar-refractivity contribution in [3.8, 4) is 11.5 Å². The Morgan fingerprint density at radius 3 is 2.48 bits per heavy atom. The molecule has 0 spiro atoms. The number of allylic oxidation sites excluding steroid dienone is 1. The highest BCUT2D eigenvalue weighted by Gasteiger charge is 2.38. The molecule has 0 fully saturated rings. The van der Waals surface area contributed by atoms with Crippen LogP contribution in [0, 0.1) is 0 Å². The predicted molar refractivity (Wildman–Crippen MR) is 100 cm³/mol. The van der Waals surface area contributed by atoms with Crippen LogP contribution in [-0.4, -0.2) is 35.6 Å². The molecule has 1 N–H and O–H groups in total. The van der Waals surface area contributed by atoms with E-state index in [0.29, 0.717) is 34.1 Å². The van der Waals surface area contributed by atoms with E-state index in [4.69, 9.17) is 13.9 Å². The Labute approximate surface area is 157 Å². The predicted octanol–water partition coefficient (Wildman–Crippen LogP) is 2.12. The van der Waals surface area contributed by atoms with Crippen LogP contribution < -0.4 is 19.1 Å². The maximum atomic E-state index is 13.0. The lowest BCUT2D eigenvalue weighted by Crippen LogP contribution is -2.38. The van der Waals surface area contributed by atoms with Crippen LogP contribution in [0.15, 0.2) is 39.9 Å². The van der Waals surface area contributed by atoms with Gasteiger partial charge in [0, 0.05) is 18.7 Å². The molecule has 3 rings (SSSR count). The lowest BCUT2D eigenvalue weighted by molar-refractivity contribution is -0.117. The molecule has 9 heteroatoms. The topological polar surface area (TPSA) is 98.1 Å². The van der Waals surface area contributed by atoms with E-state index in [2.05, 4.69) is 5.32 Å². The number of sulfonamides is 1. The Balaban J connectivity index is 2.08. The Morgan fingerprint density at radius 2 is 1.89 bits per heavy atom. The standard InChI is InChI=1S/C18H20N2O6S/c1-11-13-8-15(24-3)16(25-4)9-14(13)20(2)27(22,23)17(11)18(21)19-10-12-6-5-7-26-12/h5-9H,10H2,1-4H3,(H,19,21). The van der Waals surface area contributed by atoms with Crippen molar-refractivity contribution in [2.24, 2.45) is 0 Å². The normalized spacial score (nSPS) is 15.3. The highest BCUT2D eigenvalue weighted by atomic mass is 32.2. The molecule has 0 aliphatic carbocycles. The average molecular weight is 392 g/mol. The fourth-order valence-corrected chi connectivity index (χ4v) is 4.45. The molecule has 0 saturated heterocycles. The number of hydrogen-bond donors (Lipinski definition) is 1. The number of methoxy groups -OCH3 is 2. The summed E-state index contributed by atoms with van der Waals surface area (Å²) in [6.07, 6.45) is 1.48. The second kappa shape index (κ2) is 6.99. The molecular formula is C18H20N2O6S. The van der Waals surface area contributed by atoms with E-state index in [1.54, 1.807) is 31.2 Å². The number of nitrogens with one attached hydrogen (secondary N) is 1. The van der Waals surface area contributed by atoms with E-state index in [1.807, 2.05) is 0 Å². The van der Waals surface area contributed by atoms with Crippen molar-refractivity contribution in [2.45, 2.75) is 13.5 Å². The van der Waals surface area contributed by atoms with Crippen molar-refractivity contribution in [2.75, 3.05) is 25.6 Å². The van der Waals surface area contributed by atoms with Crippen molar-refractivity contribution >= 4 is 27.2 Å². The minimum atomic E-state index is -4.03. The Morgan fingerprint density at radius 1 is 1.22 bits per heavy atom. The van der Waals surface area contributed by atoms with Gasteiger partial charge in [0.1, 0.15) is 5.76 Å². The lowest BCUT2D eigenvalue weighted by Gasteiger charge is -2.30. The Hall–Kier alpha value is -2.94. The fraction of sp³-hybridized carbons (Fsp3) is 0.278. The van der Waals surface area contributed by atoms with Gasteiger partial charge in [-0.25, -0.2) is 8.42 Å². The van der Waals surface area contributed by atoms with Gasteiger partial charge in [-0.2, -0.15) is 0 Å². The zero-order valence-electron chi connectivity index (χ0n) is 15.4. The van der Waals surface area contributed by atoms with Gasteiger partial charge in [0.05, 0.1) is 32.7 Å². The molecule has 144 valence electrons. The zero-order valence-corrected chi connectivity index (χ0v) is 16.2. The van der Waals surface area contributed by atoms with Gasteiger partial charge in [-0.05, 0) is 30.7 Å². The van der Waals surface area contributed by atoms with Crippen molar-refractivity contribution in [1.82, 2.24) is 5.32 Å². The van der Waals surface area contributed by atoms with Crippen LogP contribution in [0.1, 0.15) is 18.2 Å². The van der Waals surface area contributed by atoms with Gasteiger partial charge in [0.15, 0.2) is 16.4 Å². The monoisotopic (exact) mass is 392 g/mol. The van der Waals surface area contributed by atoms with E-state index in [0.717, 1.165) is 4.31 Å². The van der Waals surface area contributed by atoms with Crippen molar-refractivity contribution in [3.63, 3.8) is 0 Å². The molecule has 1 aromatic heterocycles. The van der Waals surface area contributed by atoms with Gasteiger partial charge in [-0.3, -0.25) is 9.10 Å². The SMILES string of the molecule is COc1cc2c(cc1OC)N(C)S(=O)(=O)C(C(=O)NCc1ccco1)=C2C. The number of carbonyl (C=O) groups excluding carboxylic acids is 1. The molecule has 0 unspecified atom stereocenters. The first-order chi connectivity index (χ1) is 12.8. The molecule has 8 nitrogen and oxygen atoms in total. The van der Waals surface area contributed by atoms with Crippen LogP contribution in [0.2, 0.25) is 0 Å². The Bertz CT molecular complexity index is 1010. The van der Waals surface area contributed by atoms with E-state index < -0.39 is 15.9 Å². The van der Waals surface area contributed by atoms with Crippen LogP contribution in [-0.2, 0) is 21.4 Å². The molecule has 0 radical (unpaired) electrons.